The second-order valence-electron chi connectivity index (χ2n) is 5.66. The van der Waals surface area contributed by atoms with Crippen molar-refractivity contribution in [3.05, 3.63) is 29.8 Å². The minimum atomic E-state index is -1.34. The number of ether oxygens (including phenoxy) is 1. The van der Waals surface area contributed by atoms with Crippen LogP contribution >= 0.6 is 0 Å². The lowest BCUT2D eigenvalue weighted by molar-refractivity contribution is -0.125. The molecule has 1 aliphatic rings. The highest BCUT2D eigenvalue weighted by molar-refractivity contribution is 7.84. The van der Waals surface area contributed by atoms with Crippen molar-refractivity contribution in [3.8, 4) is 6.07 Å². The van der Waals surface area contributed by atoms with E-state index in [0.717, 1.165) is 12.8 Å². The van der Waals surface area contributed by atoms with E-state index in [1.807, 2.05) is 0 Å². The number of benzene rings is 1. The molecule has 0 spiro atoms. The van der Waals surface area contributed by atoms with Crippen LogP contribution in [-0.4, -0.2) is 34.5 Å². The lowest BCUT2D eigenvalue weighted by Gasteiger charge is -2.22. The van der Waals surface area contributed by atoms with Crippen molar-refractivity contribution in [1.29, 1.82) is 5.26 Å². The molecular formula is C16H18N2O4S. The summed E-state index contributed by atoms with van der Waals surface area (Å²) in [5.41, 5.74) is -0.752. The largest absolute Gasteiger partial charge is 0.452 e. The quantitative estimate of drug-likeness (QED) is 0.793. The Bertz CT molecular complexity index is 694. The molecule has 0 aliphatic heterocycles. The third-order valence-electron chi connectivity index (χ3n) is 3.78. The summed E-state index contributed by atoms with van der Waals surface area (Å²) in [6.07, 6.45) is 3.27. The normalized spacial score (nSPS) is 17.4. The molecule has 1 aromatic rings. The van der Waals surface area contributed by atoms with E-state index in [9.17, 15) is 19.1 Å². The predicted molar refractivity (Wildman–Crippen MR) is 83.9 cm³/mol. The van der Waals surface area contributed by atoms with Crippen molar-refractivity contribution >= 4 is 22.7 Å². The Morgan fingerprint density at radius 1 is 1.43 bits per heavy atom. The minimum absolute atomic E-state index is 0.149. The molecule has 2 rings (SSSR count). The van der Waals surface area contributed by atoms with Gasteiger partial charge in [0.2, 0.25) is 0 Å². The number of rotatable bonds is 6. The van der Waals surface area contributed by atoms with Gasteiger partial charge in [0.25, 0.3) is 5.91 Å². The minimum Gasteiger partial charge on any atom is -0.452 e. The second kappa shape index (κ2) is 6.92. The third kappa shape index (κ3) is 4.17. The summed E-state index contributed by atoms with van der Waals surface area (Å²) in [5, 5.41) is 11.8. The molecule has 122 valence electrons. The molecule has 1 aliphatic carbocycles. The van der Waals surface area contributed by atoms with Crippen LogP contribution in [0.25, 0.3) is 0 Å². The van der Waals surface area contributed by atoms with E-state index in [1.165, 1.54) is 12.3 Å². The van der Waals surface area contributed by atoms with Crippen molar-refractivity contribution in [1.82, 2.24) is 5.32 Å². The molecule has 0 heterocycles. The average molecular weight is 334 g/mol. The van der Waals surface area contributed by atoms with Crippen molar-refractivity contribution < 1.29 is 18.5 Å². The lowest BCUT2D eigenvalue weighted by Crippen LogP contribution is -2.48. The van der Waals surface area contributed by atoms with Crippen LogP contribution in [0.15, 0.2) is 29.2 Å². The molecule has 0 saturated heterocycles. The number of carbonyl (C=O) groups excluding carboxylic acids is 2. The van der Waals surface area contributed by atoms with Crippen LogP contribution in [0.3, 0.4) is 0 Å². The smallest absolute Gasteiger partial charge is 0.339 e. The molecule has 7 heteroatoms. The lowest BCUT2D eigenvalue weighted by atomic mass is 9.98. The van der Waals surface area contributed by atoms with Gasteiger partial charge in [0, 0.05) is 6.26 Å². The van der Waals surface area contributed by atoms with Gasteiger partial charge < -0.3 is 10.1 Å². The van der Waals surface area contributed by atoms with Crippen molar-refractivity contribution in [2.45, 2.75) is 30.2 Å². The maximum absolute atomic E-state index is 12.1. The molecule has 0 aromatic heterocycles. The van der Waals surface area contributed by atoms with Crippen LogP contribution in [0.5, 0.6) is 0 Å². The fourth-order valence-electron chi connectivity index (χ4n) is 2.30. The summed E-state index contributed by atoms with van der Waals surface area (Å²) in [6.45, 7) is 1.19. The van der Waals surface area contributed by atoms with Crippen LogP contribution < -0.4 is 5.32 Å². The highest BCUT2D eigenvalue weighted by Gasteiger charge is 2.43. The molecule has 1 fully saturated rings. The monoisotopic (exact) mass is 334 g/mol. The Morgan fingerprint density at radius 3 is 2.65 bits per heavy atom. The molecule has 6 nitrogen and oxygen atoms in total. The van der Waals surface area contributed by atoms with E-state index in [0.29, 0.717) is 4.90 Å². The highest BCUT2D eigenvalue weighted by Crippen LogP contribution is 2.39. The molecule has 1 N–H and O–H groups in total. The third-order valence-corrected chi connectivity index (χ3v) is 4.75. The van der Waals surface area contributed by atoms with Crippen LogP contribution in [0, 0.1) is 17.2 Å². The standard InChI is InChI=1S/C16H18N2O4S/c1-16(10-17,11-7-8-11)18-14(19)9-22-15(20)12-5-3-4-6-13(12)23(2)21/h3-6,11H,7-9H2,1-2H3,(H,18,19)/t16-,23+/m0/s1. The second-order valence-corrected chi connectivity index (χ2v) is 7.01. The summed E-state index contributed by atoms with van der Waals surface area (Å²) in [6, 6.07) is 8.49. The first-order valence-corrected chi connectivity index (χ1v) is 8.75. The number of hydrogen-bond donors (Lipinski definition) is 1. The molecule has 23 heavy (non-hydrogen) atoms. The number of nitrogens with one attached hydrogen (secondary N) is 1. The van der Waals surface area contributed by atoms with Gasteiger partial charge in [0.1, 0.15) is 5.54 Å². The van der Waals surface area contributed by atoms with Gasteiger partial charge >= 0.3 is 5.97 Å². The molecule has 2 atom stereocenters. The summed E-state index contributed by atoms with van der Waals surface area (Å²) in [7, 11) is -1.34. The number of hydrogen-bond acceptors (Lipinski definition) is 5. The molecule has 1 amide bonds. The van der Waals surface area contributed by atoms with Gasteiger partial charge in [-0.25, -0.2) is 4.79 Å². The van der Waals surface area contributed by atoms with Crippen LogP contribution in [0.1, 0.15) is 30.1 Å². The van der Waals surface area contributed by atoms with Gasteiger partial charge in [-0.15, -0.1) is 0 Å². The molecule has 0 radical (unpaired) electrons. The van der Waals surface area contributed by atoms with Gasteiger partial charge in [0.05, 0.1) is 27.3 Å². The number of esters is 1. The van der Waals surface area contributed by atoms with Crippen LogP contribution in [0.4, 0.5) is 0 Å². The first-order chi connectivity index (χ1) is 10.9. The Hall–Kier alpha value is -2.20. The van der Waals surface area contributed by atoms with Crippen molar-refractivity contribution in [3.63, 3.8) is 0 Å². The predicted octanol–water partition coefficient (Wildman–Crippen LogP) is 1.39. The fraction of sp³-hybridized carbons (Fsp3) is 0.438. The van der Waals surface area contributed by atoms with E-state index >= 15 is 0 Å². The maximum atomic E-state index is 12.1. The fourth-order valence-corrected chi connectivity index (χ4v) is 3.03. The zero-order valence-corrected chi connectivity index (χ0v) is 13.8. The topological polar surface area (TPSA) is 96.3 Å². The number of nitrogens with zero attached hydrogens (tertiary/aromatic N) is 1. The van der Waals surface area contributed by atoms with E-state index in [4.69, 9.17) is 4.74 Å². The Kier molecular flexibility index (Phi) is 5.16. The van der Waals surface area contributed by atoms with Gasteiger partial charge in [0.15, 0.2) is 6.61 Å². The van der Waals surface area contributed by atoms with Crippen molar-refractivity contribution in [2.75, 3.05) is 12.9 Å². The van der Waals surface area contributed by atoms with Gasteiger partial charge in [-0.2, -0.15) is 5.26 Å². The Labute approximate surface area is 137 Å². The Balaban J connectivity index is 1.96. The zero-order valence-electron chi connectivity index (χ0n) is 13.0. The SMILES string of the molecule is C[S@@](=O)c1ccccc1C(=O)OCC(=O)N[C@@](C)(C#N)C1CC1. The average Bonchev–Trinajstić information content (AvgIpc) is 3.37. The highest BCUT2D eigenvalue weighted by atomic mass is 32.2. The number of nitriles is 1. The summed E-state index contributed by atoms with van der Waals surface area (Å²) in [4.78, 5) is 24.3. The molecule has 1 aromatic carbocycles. The van der Waals surface area contributed by atoms with Gasteiger partial charge in [-0.3, -0.25) is 9.00 Å². The first-order valence-electron chi connectivity index (χ1n) is 7.19. The zero-order chi connectivity index (χ0) is 17.0. The molecule has 1 saturated carbocycles. The number of amides is 1. The summed E-state index contributed by atoms with van der Waals surface area (Å²) >= 11 is 0. The summed E-state index contributed by atoms with van der Waals surface area (Å²) < 4.78 is 16.6. The molecular weight excluding hydrogens is 316 g/mol. The van der Waals surface area contributed by atoms with Crippen LogP contribution in [0.2, 0.25) is 0 Å². The van der Waals surface area contributed by atoms with E-state index in [1.54, 1.807) is 25.1 Å². The first kappa shape index (κ1) is 17.2. The summed E-state index contributed by atoms with van der Waals surface area (Å²) in [5.74, 6) is -1.09. The van der Waals surface area contributed by atoms with E-state index in [2.05, 4.69) is 11.4 Å². The van der Waals surface area contributed by atoms with Gasteiger partial charge in [-0.1, -0.05) is 12.1 Å². The number of carbonyl (C=O) groups is 2. The maximum Gasteiger partial charge on any atom is 0.339 e. The van der Waals surface area contributed by atoms with Gasteiger partial charge in [-0.05, 0) is 37.8 Å². The molecule has 0 unspecified atom stereocenters. The van der Waals surface area contributed by atoms with E-state index in [-0.39, 0.29) is 11.5 Å². The van der Waals surface area contributed by atoms with E-state index < -0.39 is 34.8 Å². The van der Waals surface area contributed by atoms with Crippen LogP contribution in [-0.2, 0) is 20.3 Å². The Morgan fingerprint density at radius 2 is 2.09 bits per heavy atom. The van der Waals surface area contributed by atoms with Crippen molar-refractivity contribution in [2.24, 2.45) is 5.92 Å². The molecule has 0 bridgehead atoms.